The third kappa shape index (κ3) is 3.48. The van der Waals surface area contributed by atoms with Crippen LogP contribution < -0.4 is 0 Å². The molecular weight excluding hydrogens is 263 g/mol. The minimum atomic E-state index is -0.571. The van der Waals surface area contributed by atoms with Crippen molar-refractivity contribution in [2.45, 2.75) is 69.8 Å². The van der Waals surface area contributed by atoms with Crippen molar-refractivity contribution in [3.8, 4) is 0 Å². The van der Waals surface area contributed by atoms with Gasteiger partial charge in [0.25, 0.3) is 0 Å². The fourth-order valence-electron chi connectivity index (χ4n) is 4.64. The molecule has 0 aromatic heterocycles. The summed E-state index contributed by atoms with van der Waals surface area (Å²) in [5, 5.41) is 11.3. The maximum Gasteiger partial charge on any atom is 0.123 e. The van der Waals surface area contributed by atoms with Crippen LogP contribution in [-0.4, -0.2) is 10.7 Å². The summed E-state index contributed by atoms with van der Waals surface area (Å²) in [5.74, 6) is 0.944. The van der Waals surface area contributed by atoms with Crippen molar-refractivity contribution in [3.63, 3.8) is 0 Å². The highest BCUT2D eigenvalue weighted by atomic mass is 19.1. The summed E-state index contributed by atoms with van der Waals surface area (Å²) < 4.78 is 13.1. The Kier molecular flexibility index (Phi) is 4.63. The van der Waals surface area contributed by atoms with Crippen LogP contribution in [0.1, 0.15) is 63.4 Å². The molecule has 2 atom stereocenters. The Morgan fingerprint density at radius 2 is 1.62 bits per heavy atom. The van der Waals surface area contributed by atoms with E-state index in [2.05, 4.69) is 0 Å². The molecule has 1 nitrogen and oxygen atoms in total. The SMILES string of the molecule is OC1(Cc2ccc(F)cc2)CCCCC1C1CCCCC1. The molecule has 0 amide bonds. The van der Waals surface area contributed by atoms with E-state index in [4.69, 9.17) is 0 Å². The molecular formula is C19H27FO. The van der Waals surface area contributed by atoms with Gasteiger partial charge < -0.3 is 5.11 Å². The van der Waals surface area contributed by atoms with Crippen molar-refractivity contribution in [2.24, 2.45) is 11.8 Å². The first-order chi connectivity index (χ1) is 10.2. The highest BCUT2D eigenvalue weighted by Crippen LogP contribution is 2.45. The van der Waals surface area contributed by atoms with Gasteiger partial charge in [0.15, 0.2) is 0 Å². The normalized spacial score (nSPS) is 31.2. The second-order valence-electron chi connectivity index (χ2n) is 7.16. The Morgan fingerprint density at radius 1 is 0.952 bits per heavy atom. The van der Waals surface area contributed by atoms with Crippen LogP contribution in [0.3, 0.4) is 0 Å². The largest absolute Gasteiger partial charge is 0.389 e. The summed E-state index contributed by atoms with van der Waals surface area (Å²) in [6, 6.07) is 6.69. The Balaban J connectivity index is 1.75. The minimum Gasteiger partial charge on any atom is -0.389 e. The Bertz CT molecular complexity index is 449. The minimum absolute atomic E-state index is 0.196. The maximum atomic E-state index is 13.1. The van der Waals surface area contributed by atoms with E-state index in [1.807, 2.05) is 12.1 Å². The summed E-state index contributed by atoms with van der Waals surface area (Å²) >= 11 is 0. The van der Waals surface area contributed by atoms with Crippen LogP contribution in [0.2, 0.25) is 0 Å². The van der Waals surface area contributed by atoms with Crippen LogP contribution in [0.25, 0.3) is 0 Å². The molecule has 2 unspecified atom stereocenters. The lowest BCUT2D eigenvalue weighted by molar-refractivity contribution is -0.0766. The maximum absolute atomic E-state index is 13.1. The second kappa shape index (κ2) is 6.48. The Hall–Kier alpha value is -0.890. The van der Waals surface area contributed by atoms with Crippen LogP contribution in [-0.2, 0) is 6.42 Å². The average Bonchev–Trinajstić information content (AvgIpc) is 2.51. The molecule has 1 N–H and O–H groups in total. The van der Waals surface area contributed by atoms with Crippen molar-refractivity contribution < 1.29 is 9.50 Å². The highest BCUT2D eigenvalue weighted by molar-refractivity contribution is 5.19. The molecule has 116 valence electrons. The Morgan fingerprint density at radius 3 is 2.33 bits per heavy atom. The first kappa shape index (κ1) is 15.0. The van der Waals surface area contributed by atoms with Crippen LogP contribution >= 0.6 is 0 Å². The number of hydrogen-bond donors (Lipinski definition) is 1. The van der Waals surface area contributed by atoms with E-state index in [1.54, 1.807) is 0 Å². The van der Waals surface area contributed by atoms with Gasteiger partial charge in [0.05, 0.1) is 5.60 Å². The summed E-state index contributed by atoms with van der Waals surface area (Å²) in [6.07, 6.45) is 11.7. The number of benzene rings is 1. The first-order valence-electron chi connectivity index (χ1n) is 8.64. The van der Waals surface area contributed by atoms with Crippen LogP contribution in [0.4, 0.5) is 4.39 Å². The van der Waals surface area contributed by atoms with E-state index >= 15 is 0 Å². The molecule has 0 radical (unpaired) electrons. The smallest absolute Gasteiger partial charge is 0.123 e. The van der Waals surface area contributed by atoms with E-state index in [0.29, 0.717) is 18.3 Å². The van der Waals surface area contributed by atoms with Gasteiger partial charge in [0.2, 0.25) is 0 Å². The monoisotopic (exact) mass is 290 g/mol. The molecule has 2 aliphatic carbocycles. The molecule has 0 aliphatic heterocycles. The van der Waals surface area contributed by atoms with Gasteiger partial charge in [-0.2, -0.15) is 0 Å². The van der Waals surface area contributed by atoms with E-state index in [-0.39, 0.29) is 5.82 Å². The third-order valence-electron chi connectivity index (χ3n) is 5.71. The number of aliphatic hydroxyl groups is 1. The predicted molar refractivity (Wildman–Crippen MR) is 83.6 cm³/mol. The fourth-order valence-corrected chi connectivity index (χ4v) is 4.64. The van der Waals surface area contributed by atoms with Gasteiger partial charge in [0, 0.05) is 6.42 Å². The van der Waals surface area contributed by atoms with Crippen molar-refractivity contribution in [3.05, 3.63) is 35.6 Å². The molecule has 0 spiro atoms. The molecule has 2 heteroatoms. The van der Waals surface area contributed by atoms with Gasteiger partial charge in [-0.05, 0) is 42.4 Å². The topological polar surface area (TPSA) is 20.2 Å². The summed E-state index contributed by atoms with van der Waals surface area (Å²) in [6.45, 7) is 0. The molecule has 1 aromatic carbocycles. The van der Waals surface area contributed by atoms with Crippen LogP contribution in [0, 0.1) is 17.7 Å². The zero-order valence-corrected chi connectivity index (χ0v) is 12.9. The number of hydrogen-bond acceptors (Lipinski definition) is 1. The highest BCUT2D eigenvalue weighted by Gasteiger charge is 2.42. The van der Waals surface area contributed by atoms with E-state index in [1.165, 1.54) is 57.1 Å². The van der Waals surface area contributed by atoms with Gasteiger partial charge in [-0.15, -0.1) is 0 Å². The van der Waals surface area contributed by atoms with Crippen molar-refractivity contribution >= 4 is 0 Å². The van der Waals surface area contributed by atoms with Gasteiger partial charge in [0.1, 0.15) is 5.82 Å². The van der Waals surface area contributed by atoms with E-state index in [0.717, 1.165) is 18.4 Å². The fraction of sp³-hybridized carbons (Fsp3) is 0.684. The molecule has 3 rings (SSSR count). The molecule has 2 aliphatic rings. The Labute approximate surface area is 127 Å². The second-order valence-corrected chi connectivity index (χ2v) is 7.16. The summed E-state index contributed by atoms with van der Waals surface area (Å²) in [5.41, 5.74) is 0.500. The lowest BCUT2D eigenvalue weighted by Gasteiger charge is -2.45. The first-order valence-corrected chi connectivity index (χ1v) is 8.64. The molecule has 21 heavy (non-hydrogen) atoms. The van der Waals surface area contributed by atoms with E-state index in [9.17, 15) is 9.50 Å². The molecule has 2 fully saturated rings. The van der Waals surface area contributed by atoms with Gasteiger partial charge in [-0.25, -0.2) is 4.39 Å². The molecule has 2 saturated carbocycles. The predicted octanol–water partition coefficient (Wildman–Crippen LogP) is 4.87. The summed E-state index contributed by atoms with van der Waals surface area (Å²) in [4.78, 5) is 0. The lowest BCUT2D eigenvalue weighted by Crippen LogP contribution is -2.46. The zero-order chi connectivity index (χ0) is 14.7. The van der Waals surface area contributed by atoms with Crippen molar-refractivity contribution in [2.75, 3.05) is 0 Å². The van der Waals surface area contributed by atoms with Gasteiger partial charge in [-0.1, -0.05) is 57.1 Å². The number of rotatable bonds is 3. The lowest BCUT2D eigenvalue weighted by atomic mass is 9.64. The quantitative estimate of drug-likeness (QED) is 0.842. The van der Waals surface area contributed by atoms with Gasteiger partial charge in [-0.3, -0.25) is 0 Å². The standard InChI is InChI=1S/C19H27FO/c20-17-11-9-15(10-12-17)14-19(21)13-5-4-8-18(19)16-6-2-1-3-7-16/h9-12,16,18,21H,1-8,13-14H2. The van der Waals surface area contributed by atoms with Crippen molar-refractivity contribution in [1.82, 2.24) is 0 Å². The molecule has 1 aromatic rings. The number of halogens is 1. The summed E-state index contributed by atoms with van der Waals surface area (Å²) in [7, 11) is 0. The van der Waals surface area contributed by atoms with Crippen LogP contribution in [0.15, 0.2) is 24.3 Å². The molecule has 0 bridgehead atoms. The van der Waals surface area contributed by atoms with E-state index < -0.39 is 5.60 Å². The third-order valence-corrected chi connectivity index (χ3v) is 5.71. The van der Waals surface area contributed by atoms with Crippen molar-refractivity contribution in [1.29, 1.82) is 0 Å². The molecule has 0 saturated heterocycles. The van der Waals surface area contributed by atoms with Gasteiger partial charge >= 0.3 is 0 Å². The average molecular weight is 290 g/mol. The zero-order valence-electron chi connectivity index (χ0n) is 12.9. The van der Waals surface area contributed by atoms with Crippen LogP contribution in [0.5, 0.6) is 0 Å². The molecule has 0 heterocycles.